The van der Waals surface area contributed by atoms with Gasteiger partial charge in [0.25, 0.3) is 0 Å². The lowest BCUT2D eigenvalue weighted by atomic mass is 9.92. The highest BCUT2D eigenvalue weighted by atomic mass is 16.5. The molecule has 0 aliphatic carbocycles. The van der Waals surface area contributed by atoms with E-state index in [0.29, 0.717) is 18.4 Å². The van der Waals surface area contributed by atoms with Gasteiger partial charge in [-0.1, -0.05) is 13.8 Å². The Morgan fingerprint density at radius 3 is 2.33 bits per heavy atom. The highest BCUT2D eigenvalue weighted by Gasteiger charge is 2.30. The topological polar surface area (TPSA) is 44.8 Å². The molecule has 0 saturated carbocycles. The lowest BCUT2D eigenvalue weighted by Crippen LogP contribution is -2.57. The van der Waals surface area contributed by atoms with Gasteiger partial charge in [-0.2, -0.15) is 0 Å². The molecule has 2 atom stereocenters. The molecule has 5 heteroatoms. The monoisotopic (exact) mass is 297 g/mol. The van der Waals surface area contributed by atoms with Gasteiger partial charge in [-0.25, -0.2) is 4.79 Å². The van der Waals surface area contributed by atoms with Crippen LogP contribution < -0.4 is 5.32 Å². The molecule has 21 heavy (non-hydrogen) atoms. The van der Waals surface area contributed by atoms with E-state index in [0.717, 1.165) is 39.4 Å². The molecule has 0 aromatic carbocycles. The molecule has 2 fully saturated rings. The standard InChI is InChI=1S/C16H31N3O2/c1-13-9-14(2)11-18(10-13)15(20)17-12-16(3,4)19-5-7-21-8-6-19/h13-14H,5-12H2,1-4H3,(H,17,20). The Morgan fingerprint density at radius 1 is 1.19 bits per heavy atom. The van der Waals surface area contributed by atoms with Crippen LogP contribution in [0, 0.1) is 11.8 Å². The number of ether oxygens (including phenoxy) is 1. The van der Waals surface area contributed by atoms with Crippen molar-refractivity contribution in [2.45, 2.75) is 39.7 Å². The molecule has 0 aromatic rings. The summed E-state index contributed by atoms with van der Waals surface area (Å²) in [5, 5.41) is 3.14. The molecule has 0 aromatic heterocycles. The number of piperidine rings is 1. The summed E-state index contributed by atoms with van der Waals surface area (Å²) in [5.41, 5.74) is -0.0214. The van der Waals surface area contributed by atoms with Crippen LogP contribution in [0.15, 0.2) is 0 Å². The maximum Gasteiger partial charge on any atom is 0.317 e. The van der Waals surface area contributed by atoms with Crippen LogP contribution in [0.2, 0.25) is 0 Å². The van der Waals surface area contributed by atoms with E-state index in [1.54, 1.807) is 0 Å². The minimum atomic E-state index is -0.0214. The minimum Gasteiger partial charge on any atom is -0.379 e. The number of hydrogen-bond acceptors (Lipinski definition) is 3. The molecular weight excluding hydrogens is 266 g/mol. The lowest BCUT2D eigenvalue weighted by Gasteiger charge is -2.41. The first-order valence-electron chi connectivity index (χ1n) is 8.24. The zero-order valence-corrected chi connectivity index (χ0v) is 14.0. The average molecular weight is 297 g/mol. The van der Waals surface area contributed by atoms with E-state index in [1.807, 2.05) is 4.90 Å². The first-order chi connectivity index (χ1) is 9.88. The number of rotatable bonds is 3. The number of hydrogen-bond donors (Lipinski definition) is 1. The number of likely N-dealkylation sites (tertiary alicyclic amines) is 1. The quantitative estimate of drug-likeness (QED) is 0.864. The second kappa shape index (κ2) is 6.97. The summed E-state index contributed by atoms with van der Waals surface area (Å²) in [5.74, 6) is 1.21. The molecule has 2 saturated heterocycles. The number of carbonyl (C=O) groups excluding carboxylic acids is 1. The van der Waals surface area contributed by atoms with Crippen molar-refractivity contribution in [2.24, 2.45) is 11.8 Å². The second-order valence-electron chi connectivity index (χ2n) is 7.42. The molecule has 2 amide bonds. The predicted octanol–water partition coefficient (Wildman–Crippen LogP) is 1.78. The maximum absolute atomic E-state index is 12.4. The molecule has 0 bridgehead atoms. The van der Waals surface area contributed by atoms with Gasteiger partial charge in [-0.05, 0) is 32.1 Å². The van der Waals surface area contributed by atoms with Crippen molar-refractivity contribution >= 4 is 6.03 Å². The Kier molecular flexibility index (Phi) is 5.49. The average Bonchev–Trinajstić information content (AvgIpc) is 2.45. The Bertz CT molecular complexity index is 343. The van der Waals surface area contributed by atoms with E-state index in [1.165, 1.54) is 6.42 Å². The SMILES string of the molecule is CC1CC(C)CN(C(=O)NCC(C)(C)N2CCOCC2)C1. The van der Waals surface area contributed by atoms with Crippen LogP contribution in [0.1, 0.15) is 34.1 Å². The third-order valence-corrected chi connectivity index (χ3v) is 4.70. The summed E-state index contributed by atoms with van der Waals surface area (Å²) in [6.07, 6.45) is 1.23. The third kappa shape index (κ3) is 4.58. The van der Waals surface area contributed by atoms with Crippen molar-refractivity contribution in [3.05, 3.63) is 0 Å². The second-order valence-corrected chi connectivity index (χ2v) is 7.42. The maximum atomic E-state index is 12.4. The molecule has 2 heterocycles. The summed E-state index contributed by atoms with van der Waals surface area (Å²) in [7, 11) is 0. The van der Waals surface area contributed by atoms with Crippen LogP contribution in [-0.2, 0) is 4.74 Å². The van der Waals surface area contributed by atoms with Gasteiger partial charge in [0.2, 0.25) is 0 Å². The Hall–Kier alpha value is -0.810. The highest BCUT2D eigenvalue weighted by molar-refractivity contribution is 5.74. The molecule has 0 radical (unpaired) electrons. The van der Waals surface area contributed by atoms with E-state index >= 15 is 0 Å². The van der Waals surface area contributed by atoms with E-state index in [4.69, 9.17) is 4.74 Å². The van der Waals surface area contributed by atoms with Crippen molar-refractivity contribution in [3.63, 3.8) is 0 Å². The first kappa shape index (κ1) is 16.6. The number of morpholine rings is 1. The van der Waals surface area contributed by atoms with Gasteiger partial charge in [0.15, 0.2) is 0 Å². The first-order valence-corrected chi connectivity index (χ1v) is 8.24. The summed E-state index contributed by atoms with van der Waals surface area (Å²) in [6.45, 7) is 14.8. The van der Waals surface area contributed by atoms with Crippen molar-refractivity contribution in [3.8, 4) is 0 Å². The molecule has 122 valence electrons. The summed E-state index contributed by atoms with van der Waals surface area (Å²) >= 11 is 0. The predicted molar refractivity (Wildman–Crippen MR) is 84.4 cm³/mol. The van der Waals surface area contributed by atoms with E-state index in [-0.39, 0.29) is 11.6 Å². The van der Waals surface area contributed by atoms with Gasteiger partial charge in [0.05, 0.1) is 13.2 Å². The molecule has 2 aliphatic rings. The lowest BCUT2D eigenvalue weighted by molar-refractivity contribution is -0.00920. The summed E-state index contributed by atoms with van der Waals surface area (Å²) in [4.78, 5) is 16.8. The van der Waals surface area contributed by atoms with Gasteiger partial charge in [0.1, 0.15) is 0 Å². The van der Waals surface area contributed by atoms with Crippen molar-refractivity contribution < 1.29 is 9.53 Å². The fourth-order valence-corrected chi connectivity index (χ4v) is 3.51. The molecule has 2 aliphatic heterocycles. The van der Waals surface area contributed by atoms with Crippen LogP contribution in [0.5, 0.6) is 0 Å². The van der Waals surface area contributed by atoms with Crippen molar-refractivity contribution in [1.29, 1.82) is 0 Å². The number of carbonyl (C=O) groups is 1. The fourth-order valence-electron chi connectivity index (χ4n) is 3.51. The van der Waals surface area contributed by atoms with Crippen molar-refractivity contribution in [1.82, 2.24) is 15.1 Å². The van der Waals surface area contributed by atoms with Crippen LogP contribution in [0.3, 0.4) is 0 Å². The Balaban J connectivity index is 1.82. The number of amides is 2. The van der Waals surface area contributed by atoms with Crippen LogP contribution in [0.4, 0.5) is 4.79 Å². The van der Waals surface area contributed by atoms with Gasteiger partial charge in [-0.15, -0.1) is 0 Å². The van der Waals surface area contributed by atoms with E-state index in [9.17, 15) is 4.79 Å². The highest BCUT2D eigenvalue weighted by Crippen LogP contribution is 2.21. The Morgan fingerprint density at radius 2 is 1.76 bits per heavy atom. The van der Waals surface area contributed by atoms with Crippen LogP contribution in [0.25, 0.3) is 0 Å². The minimum absolute atomic E-state index is 0.0214. The summed E-state index contributed by atoms with van der Waals surface area (Å²) in [6, 6.07) is 0.0923. The van der Waals surface area contributed by atoms with Gasteiger partial charge < -0.3 is 15.0 Å². The number of urea groups is 1. The van der Waals surface area contributed by atoms with Crippen molar-refractivity contribution in [2.75, 3.05) is 45.9 Å². The van der Waals surface area contributed by atoms with E-state index < -0.39 is 0 Å². The summed E-state index contributed by atoms with van der Waals surface area (Å²) < 4.78 is 5.40. The number of nitrogens with zero attached hydrogens (tertiary/aromatic N) is 2. The molecule has 1 N–H and O–H groups in total. The van der Waals surface area contributed by atoms with Crippen LogP contribution in [-0.4, -0.2) is 67.3 Å². The molecule has 0 spiro atoms. The third-order valence-electron chi connectivity index (χ3n) is 4.70. The molecule has 2 rings (SSSR count). The Labute approximate surface area is 129 Å². The molecular formula is C16H31N3O2. The molecule has 2 unspecified atom stereocenters. The van der Waals surface area contributed by atoms with Crippen LogP contribution >= 0.6 is 0 Å². The molecule has 5 nitrogen and oxygen atoms in total. The van der Waals surface area contributed by atoms with E-state index in [2.05, 4.69) is 37.9 Å². The van der Waals surface area contributed by atoms with Gasteiger partial charge >= 0.3 is 6.03 Å². The zero-order chi connectivity index (χ0) is 15.5. The fraction of sp³-hybridized carbons (Fsp3) is 0.938. The van der Waals surface area contributed by atoms with Gasteiger partial charge in [-0.3, -0.25) is 4.90 Å². The normalized spacial score (nSPS) is 28.5. The zero-order valence-electron chi connectivity index (χ0n) is 14.0. The van der Waals surface area contributed by atoms with Gasteiger partial charge in [0, 0.05) is 38.3 Å². The largest absolute Gasteiger partial charge is 0.379 e. The smallest absolute Gasteiger partial charge is 0.317 e. The number of nitrogens with one attached hydrogen (secondary N) is 1.